The molecule has 0 saturated carbocycles. The Kier molecular flexibility index (Phi) is 4.92. The normalized spacial score (nSPS) is 15.4. The van der Waals surface area contributed by atoms with Gasteiger partial charge >= 0.3 is 0 Å². The molecule has 2 aromatic carbocycles. The van der Waals surface area contributed by atoms with Crippen LogP contribution in [0.4, 0.5) is 5.69 Å². The van der Waals surface area contributed by atoms with Crippen molar-refractivity contribution < 1.29 is 0 Å². The van der Waals surface area contributed by atoms with Gasteiger partial charge in [-0.1, -0.05) is 23.7 Å². The summed E-state index contributed by atoms with van der Waals surface area (Å²) >= 11 is 5.96. The van der Waals surface area contributed by atoms with Gasteiger partial charge in [-0.25, -0.2) is 4.99 Å². The van der Waals surface area contributed by atoms with Crippen LogP contribution < -0.4 is 5.32 Å². The monoisotopic (exact) mass is 362 g/mol. The third-order valence-corrected chi connectivity index (χ3v) is 3.87. The highest BCUT2D eigenvalue weighted by molar-refractivity contribution is 6.53. The second-order valence-electron chi connectivity index (χ2n) is 6.98. The van der Waals surface area contributed by atoms with E-state index in [4.69, 9.17) is 26.8 Å². The first kappa shape index (κ1) is 17.9. The number of rotatable bonds is 2. The lowest BCUT2D eigenvalue weighted by atomic mass is 10.1. The Labute approximate surface area is 158 Å². The van der Waals surface area contributed by atoms with E-state index in [1.165, 1.54) is 0 Å². The summed E-state index contributed by atoms with van der Waals surface area (Å²) in [6.45, 7) is 6.15. The zero-order chi connectivity index (χ0) is 18.7. The summed E-state index contributed by atoms with van der Waals surface area (Å²) in [5.74, 6) is 0.696. The van der Waals surface area contributed by atoms with E-state index in [0.717, 1.165) is 22.7 Å². The molecule has 0 aromatic heterocycles. The number of halogens is 1. The number of aliphatic imine (C=N–C) groups is 2. The maximum Gasteiger partial charge on any atom is 0.156 e. The van der Waals surface area contributed by atoms with E-state index in [1.807, 2.05) is 63.2 Å². The maximum absolute atomic E-state index is 8.96. The Morgan fingerprint density at radius 3 is 2.27 bits per heavy atom. The topological polar surface area (TPSA) is 60.5 Å². The quantitative estimate of drug-likeness (QED) is 0.786. The van der Waals surface area contributed by atoms with Crippen LogP contribution in [0.1, 0.15) is 31.9 Å². The number of hydrogen-bond donors (Lipinski definition) is 1. The zero-order valence-electron chi connectivity index (χ0n) is 14.9. The van der Waals surface area contributed by atoms with Crippen molar-refractivity contribution in [1.82, 2.24) is 0 Å². The van der Waals surface area contributed by atoms with E-state index >= 15 is 0 Å². The lowest BCUT2D eigenvalue weighted by molar-refractivity contribution is 0.585. The highest BCUT2D eigenvalue weighted by Crippen LogP contribution is 2.24. The average Bonchev–Trinajstić information content (AvgIpc) is 2.97. The minimum absolute atomic E-state index is 0.228. The Hall–Kier alpha value is -2.90. The fourth-order valence-corrected chi connectivity index (χ4v) is 2.61. The third kappa shape index (κ3) is 4.38. The molecule has 0 radical (unpaired) electrons. The van der Waals surface area contributed by atoms with E-state index in [1.54, 1.807) is 12.1 Å². The molecule has 26 heavy (non-hydrogen) atoms. The molecule has 0 bridgehead atoms. The summed E-state index contributed by atoms with van der Waals surface area (Å²) in [5, 5.41) is 13.0. The van der Waals surface area contributed by atoms with Gasteiger partial charge < -0.3 is 5.32 Å². The van der Waals surface area contributed by atoms with Crippen LogP contribution in [0, 0.1) is 11.3 Å². The van der Waals surface area contributed by atoms with Gasteiger partial charge in [-0.3, -0.25) is 4.99 Å². The molecular weight excluding hydrogens is 344 g/mol. The molecule has 1 aliphatic heterocycles. The summed E-state index contributed by atoms with van der Waals surface area (Å²) in [6, 6.07) is 17.0. The van der Waals surface area contributed by atoms with E-state index < -0.39 is 0 Å². The number of nitrogens with zero attached hydrogens (tertiary/aromatic N) is 3. The minimum Gasteiger partial charge on any atom is -0.338 e. The average molecular weight is 363 g/mol. The van der Waals surface area contributed by atoms with Crippen LogP contribution in [0.25, 0.3) is 5.70 Å². The molecule has 1 heterocycles. The van der Waals surface area contributed by atoms with Crippen molar-refractivity contribution >= 4 is 34.5 Å². The summed E-state index contributed by atoms with van der Waals surface area (Å²) in [6.07, 6.45) is 1.96. The number of benzene rings is 2. The molecule has 2 aromatic rings. The summed E-state index contributed by atoms with van der Waals surface area (Å²) < 4.78 is 0. The van der Waals surface area contributed by atoms with Crippen molar-refractivity contribution in [1.29, 1.82) is 5.26 Å². The number of anilines is 1. The van der Waals surface area contributed by atoms with Crippen LogP contribution in [-0.4, -0.2) is 17.1 Å². The molecule has 0 atom stereocenters. The molecule has 1 aliphatic rings. The van der Waals surface area contributed by atoms with E-state index in [0.29, 0.717) is 16.4 Å². The van der Waals surface area contributed by atoms with Gasteiger partial charge in [-0.2, -0.15) is 5.26 Å². The van der Waals surface area contributed by atoms with Crippen molar-refractivity contribution in [3.63, 3.8) is 0 Å². The minimum atomic E-state index is -0.228. The first-order valence-electron chi connectivity index (χ1n) is 8.28. The van der Waals surface area contributed by atoms with Crippen molar-refractivity contribution in [2.24, 2.45) is 9.98 Å². The van der Waals surface area contributed by atoms with Crippen LogP contribution in [0.3, 0.4) is 0 Å². The molecule has 0 fully saturated rings. The smallest absolute Gasteiger partial charge is 0.156 e. The first-order chi connectivity index (χ1) is 12.3. The molecule has 0 unspecified atom stereocenters. The van der Waals surface area contributed by atoms with Crippen LogP contribution in [0.2, 0.25) is 5.02 Å². The van der Waals surface area contributed by atoms with Gasteiger partial charge in [-0.05, 0) is 63.2 Å². The molecule has 0 aliphatic carbocycles. The predicted octanol–water partition coefficient (Wildman–Crippen LogP) is 5.32. The van der Waals surface area contributed by atoms with Crippen LogP contribution in [0.5, 0.6) is 0 Å². The second-order valence-corrected chi connectivity index (χ2v) is 7.42. The van der Waals surface area contributed by atoms with Gasteiger partial charge in [0.05, 0.1) is 22.9 Å². The maximum atomic E-state index is 8.96. The largest absolute Gasteiger partial charge is 0.338 e. The highest BCUT2D eigenvalue weighted by Gasteiger charge is 2.20. The van der Waals surface area contributed by atoms with Gasteiger partial charge in [0.15, 0.2) is 5.84 Å². The van der Waals surface area contributed by atoms with Crippen molar-refractivity contribution in [3.8, 4) is 6.07 Å². The number of nitrogens with one attached hydrogen (secondary N) is 1. The van der Waals surface area contributed by atoms with Gasteiger partial charge in [0, 0.05) is 16.3 Å². The van der Waals surface area contributed by atoms with Gasteiger partial charge in [-0.15, -0.1) is 0 Å². The number of amidine groups is 1. The van der Waals surface area contributed by atoms with Crippen molar-refractivity contribution in [2.75, 3.05) is 5.32 Å². The van der Waals surface area contributed by atoms with Gasteiger partial charge in [0.1, 0.15) is 5.71 Å². The Balaban J connectivity index is 1.95. The Morgan fingerprint density at radius 2 is 1.69 bits per heavy atom. The molecule has 1 N–H and O–H groups in total. The Bertz CT molecular complexity index is 937. The molecular formula is C21H19ClN4. The lowest BCUT2D eigenvalue weighted by Gasteiger charge is -2.14. The SMILES string of the molecule is CC(C)(C)N=C1C=C(c2ccc(C#N)cc2)N=C1Nc1ccc(Cl)cc1. The molecule has 4 nitrogen and oxygen atoms in total. The van der Waals surface area contributed by atoms with E-state index in [9.17, 15) is 0 Å². The molecule has 0 saturated heterocycles. The molecule has 130 valence electrons. The van der Waals surface area contributed by atoms with Crippen LogP contribution in [-0.2, 0) is 0 Å². The number of hydrogen-bond acceptors (Lipinski definition) is 4. The molecule has 5 heteroatoms. The van der Waals surface area contributed by atoms with E-state index in [-0.39, 0.29) is 5.54 Å². The van der Waals surface area contributed by atoms with Crippen molar-refractivity contribution in [2.45, 2.75) is 26.3 Å². The van der Waals surface area contributed by atoms with Gasteiger partial charge in [0.25, 0.3) is 0 Å². The highest BCUT2D eigenvalue weighted by atomic mass is 35.5. The fraction of sp³-hybridized carbons (Fsp3) is 0.190. The van der Waals surface area contributed by atoms with E-state index in [2.05, 4.69) is 11.4 Å². The third-order valence-electron chi connectivity index (χ3n) is 3.62. The zero-order valence-corrected chi connectivity index (χ0v) is 15.7. The summed E-state index contributed by atoms with van der Waals surface area (Å²) in [7, 11) is 0. The molecule has 3 rings (SSSR count). The standard InChI is InChI=1S/C21H19ClN4/c1-21(2,3)26-19-12-18(15-6-4-14(13-23)5-7-15)25-20(19)24-17-10-8-16(22)9-11-17/h4-12H,1-3H3,(H,24,25,26). The van der Waals surface area contributed by atoms with Gasteiger partial charge in [0.2, 0.25) is 0 Å². The lowest BCUT2D eigenvalue weighted by Crippen LogP contribution is -2.23. The first-order valence-corrected chi connectivity index (χ1v) is 8.66. The van der Waals surface area contributed by atoms with Crippen LogP contribution in [0.15, 0.2) is 64.6 Å². The summed E-state index contributed by atoms with van der Waals surface area (Å²) in [5.41, 5.74) is 3.84. The Morgan fingerprint density at radius 1 is 1.04 bits per heavy atom. The molecule has 0 amide bonds. The van der Waals surface area contributed by atoms with Crippen LogP contribution >= 0.6 is 11.6 Å². The fourth-order valence-electron chi connectivity index (χ4n) is 2.48. The predicted molar refractivity (Wildman–Crippen MR) is 109 cm³/mol. The number of nitriles is 1. The second kappa shape index (κ2) is 7.15. The summed E-state index contributed by atoms with van der Waals surface area (Å²) in [4.78, 5) is 9.50. The molecule has 0 spiro atoms. The van der Waals surface area contributed by atoms with Crippen molar-refractivity contribution in [3.05, 3.63) is 70.8 Å².